The van der Waals surface area contributed by atoms with Gasteiger partial charge in [0, 0.05) is 10.5 Å². The number of hydrogen-bond acceptors (Lipinski definition) is 2. The Balaban J connectivity index is 2.74. The van der Waals surface area contributed by atoms with Crippen molar-refractivity contribution in [3.63, 3.8) is 0 Å². The van der Waals surface area contributed by atoms with E-state index in [1.165, 1.54) is 0 Å². The van der Waals surface area contributed by atoms with Crippen molar-refractivity contribution in [1.82, 2.24) is 10.6 Å². The summed E-state index contributed by atoms with van der Waals surface area (Å²) >= 11 is 3.39. The van der Waals surface area contributed by atoms with Crippen molar-refractivity contribution in [2.45, 2.75) is 39.8 Å². The minimum atomic E-state index is -0.567. The van der Waals surface area contributed by atoms with E-state index in [1.54, 1.807) is 13.0 Å². The Kier molecular flexibility index (Phi) is 5.54. The highest BCUT2D eigenvalue weighted by molar-refractivity contribution is 9.10. The number of carbonyl (C=O) groups excluding carboxylic acids is 2. The summed E-state index contributed by atoms with van der Waals surface area (Å²) in [5.74, 6) is -0.450. The van der Waals surface area contributed by atoms with Crippen molar-refractivity contribution >= 4 is 27.7 Å². The van der Waals surface area contributed by atoms with E-state index in [9.17, 15) is 9.59 Å². The van der Waals surface area contributed by atoms with Crippen LogP contribution < -0.4 is 10.6 Å². The van der Waals surface area contributed by atoms with Crippen LogP contribution in [0.5, 0.6) is 0 Å². The van der Waals surface area contributed by atoms with Crippen LogP contribution in [0.1, 0.15) is 36.7 Å². The van der Waals surface area contributed by atoms with Crippen molar-refractivity contribution in [1.29, 1.82) is 0 Å². The quantitative estimate of drug-likeness (QED) is 0.892. The van der Waals surface area contributed by atoms with Crippen LogP contribution in [0.3, 0.4) is 0 Å². The van der Waals surface area contributed by atoms with Gasteiger partial charge in [0.1, 0.15) is 6.04 Å². The first-order chi connectivity index (χ1) is 8.82. The van der Waals surface area contributed by atoms with E-state index in [1.807, 2.05) is 32.9 Å². The second-order valence-electron chi connectivity index (χ2n) is 4.79. The molecule has 0 saturated carbocycles. The third-order valence-electron chi connectivity index (χ3n) is 2.61. The van der Waals surface area contributed by atoms with Gasteiger partial charge in [-0.2, -0.15) is 0 Å². The molecule has 0 bridgehead atoms. The highest BCUT2D eigenvalue weighted by Gasteiger charge is 2.18. The summed E-state index contributed by atoms with van der Waals surface area (Å²) in [5, 5.41) is 5.45. The minimum Gasteiger partial charge on any atom is -0.352 e. The van der Waals surface area contributed by atoms with E-state index in [0.29, 0.717) is 5.56 Å². The molecule has 5 heteroatoms. The number of nitrogens with one attached hydrogen (secondary N) is 2. The largest absolute Gasteiger partial charge is 0.352 e. The molecule has 0 saturated heterocycles. The van der Waals surface area contributed by atoms with E-state index >= 15 is 0 Å². The maximum atomic E-state index is 12.1. The van der Waals surface area contributed by atoms with Crippen LogP contribution in [0, 0.1) is 6.92 Å². The van der Waals surface area contributed by atoms with Gasteiger partial charge in [0.15, 0.2) is 0 Å². The molecule has 0 aliphatic heterocycles. The van der Waals surface area contributed by atoms with Gasteiger partial charge in [-0.05, 0) is 55.3 Å². The molecule has 104 valence electrons. The van der Waals surface area contributed by atoms with Crippen LogP contribution in [0.2, 0.25) is 0 Å². The molecule has 1 atom stereocenters. The van der Waals surface area contributed by atoms with Crippen LogP contribution in [-0.2, 0) is 4.79 Å². The van der Waals surface area contributed by atoms with Crippen molar-refractivity contribution in [2.75, 3.05) is 0 Å². The van der Waals surface area contributed by atoms with Crippen LogP contribution in [-0.4, -0.2) is 23.9 Å². The standard InChI is InChI=1S/C14H19BrN2O2/c1-8(2)16-13(18)10(4)17-14(19)11-7-5-6-9(3)12(11)15/h5-8,10H,1-4H3,(H,16,18)(H,17,19). The van der Waals surface area contributed by atoms with E-state index in [2.05, 4.69) is 26.6 Å². The molecule has 2 amide bonds. The van der Waals surface area contributed by atoms with E-state index in [4.69, 9.17) is 0 Å². The topological polar surface area (TPSA) is 58.2 Å². The molecule has 0 aliphatic rings. The SMILES string of the molecule is Cc1cccc(C(=O)NC(C)C(=O)NC(C)C)c1Br. The minimum absolute atomic E-state index is 0.0533. The smallest absolute Gasteiger partial charge is 0.253 e. The molecule has 1 unspecified atom stereocenters. The second-order valence-corrected chi connectivity index (χ2v) is 5.59. The predicted octanol–water partition coefficient (Wildman–Crippen LogP) is 2.40. The van der Waals surface area contributed by atoms with Gasteiger partial charge in [-0.3, -0.25) is 9.59 Å². The highest BCUT2D eigenvalue weighted by Crippen LogP contribution is 2.20. The predicted molar refractivity (Wildman–Crippen MR) is 79.1 cm³/mol. The lowest BCUT2D eigenvalue weighted by atomic mass is 10.1. The molecule has 4 nitrogen and oxygen atoms in total. The van der Waals surface area contributed by atoms with Crippen LogP contribution >= 0.6 is 15.9 Å². The van der Waals surface area contributed by atoms with E-state index in [0.717, 1.165) is 10.0 Å². The molecular formula is C14H19BrN2O2. The second kappa shape index (κ2) is 6.70. The van der Waals surface area contributed by atoms with Gasteiger partial charge in [-0.25, -0.2) is 0 Å². The average Bonchev–Trinajstić information content (AvgIpc) is 2.31. The molecule has 19 heavy (non-hydrogen) atoms. The van der Waals surface area contributed by atoms with Crippen molar-refractivity contribution in [2.24, 2.45) is 0 Å². The Bertz CT molecular complexity index is 486. The summed E-state index contributed by atoms with van der Waals surface area (Å²) in [5.41, 5.74) is 1.51. The number of carbonyl (C=O) groups is 2. The molecular weight excluding hydrogens is 308 g/mol. The monoisotopic (exact) mass is 326 g/mol. The normalized spacial score (nSPS) is 12.1. The molecule has 1 aromatic carbocycles. The van der Waals surface area contributed by atoms with Crippen LogP contribution in [0.25, 0.3) is 0 Å². The van der Waals surface area contributed by atoms with Crippen LogP contribution in [0.15, 0.2) is 22.7 Å². The lowest BCUT2D eigenvalue weighted by molar-refractivity contribution is -0.123. The number of aryl methyl sites for hydroxylation is 1. The molecule has 0 heterocycles. The van der Waals surface area contributed by atoms with Gasteiger partial charge in [0.2, 0.25) is 5.91 Å². The van der Waals surface area contributed by atoms with E-state index in [-0.39, 0.29) is 17.9 Å². The lowest BCUT2D eigenvalue weighted by Gasteiger charge is -2.16. The van der Waals surface area contributed by atoms with Gasteiger partial charge in [0.05, 0.1) is 5.56 Å². The zero-order chi connectivity index (χ0) is 14.6. The third-order valence-corrected chi connectivity index (χ3v) is 3.66. The summed E-state index contributed by atoms with van der Waals surface area (Å²) in [6.07, 6.45) is 0. The Morgan fingerprint density at radius 3 is 2.37 bits per heavy atom. The first kappa shape index (κ1) is 15.7. The Labute approximate surface area is 122 Å². The third kappa shape index (κ3) is 4.35. The first-order valence-corrected chi connectivity index (χ1v) is 6.98. The Morgan fingerprint density at radius 1 is 1.16 bits per heavy atom. The summed E-state index contributed by atoms with van der Waals surface area (Å²) in [6, 6.07) is 4.93. The Hall–Kier alpha value is -1.36. The fraction of sp³-hybridized carbons (Fsp3) is 0.429. The molecule has 0 aliphatic carbocycles. The number of hydrogen-bond donors (Lipinski definition) is 2. The fourth-order valence-electron chi connectivity index (χ4n) is 1.57. The van der Waals surface area contributed by atoms with Gasteiger partial charge in [0.25, 0.3) is 5.91 Å². The van der Waals surface area contributed by atoms with Crippen LogP contribution in [0.4, 0.5) is 0 Å². The summed E-state index contributed by atoms with van der Waals surface area (Å²) in [6.45, 7) is 7.34. The number of amides is 2. The lowest BCUT2D eigenvalue weighted by Crippen LogP contribution is -2.46. The van der Waals surface area contributed by atoms with Crippen molar-refractivity contribution in [3.05, 3.63) is 33.8 Å². The van der Waals surface area contributed by atoms with Crippen molar-refractivity contribution < 1.29 is 9.59 Å². The van der Waals surface area contributed by atoms with Crippen molar-refractivity contribution in [3.8, 4) is 0 Å². The van der Waals surface area contributed by atoms with E-state index < -0.39 is 6.04 Å². The fourth-order valence-corrected chi connectivity index (χ4v) is 2.02. The molecule has 0 radical (unpaired) electrons. The maximum absolute atomic E-state index is 12.1. The molecule has 0 aromatic heterocycles. The van der Waals surface area contributed by atoms with Gasteiger partial charge >= 0.3 is 0 Å². The van der Waals surface area contributed by atoms with Gasteiger partial charge < -0.3 is 10.6 Å². The first-order valence-electron chi connectivity index (χ1n) is 6.19. The zero-order valence-electron chi connectivity index (χ0n) is 11.6. The number of rotatable bonds is 4. The van der Waals surface area contributed by atoms with Gasteiger partial charge in [-0.1, -0.05) is 12.1 Å². The molecule has 0 spiro atoms. The Morgan fingerprint density at radius 2 is 1.79 bits per heavy atom. The molecule has 0 fully saturated rings. The molecule has 2 N–H and O–H groups in total. The average molecular weight is 327 g/mol. The maximum Gasteiger partial charge on any atom is 0.253 e. The number of halogens is 1. The summed E-state index contributed by atoms with van der Waals surface area (Å²) in [4.78, 5) is 23.8. The molecule has 1 aromatic rings. The van der Waals surface area contributed by atoms with Gasteiger partial charge in [-0.15, -0.1) is 0 Å². The number of benzene rings is 1. The highest BCUT2D eigenvalue weighted by atomic mass is 79.9. The summed E-state index contributed by atoms with van der Waals surface area (Å²) in [7, 11) is 0. The zero-order valence-corrected chi connectivity index (χ0v) is 13.2. The summed E-state index contributed by atoms with van der Waals surface area (Å²) < 4.78 is 0.754. The molecule has 1 rings (SSSR count).